The fraction of sp³-hybridized carbons (Fsp3) is 0.727. The number of aromatic nitrogens is 4. The maximum atomic E-state index is 12.9. The molecular weight excluding hydrogens is 1220 g/mol. The Morgan fingerprint density at radius 2 is 1.55 bits per heavy atom. The summed E-state index contributed by atoms with van der Waals surface area (Å²) in [6, 6.07) is 0.225. The van der Waals surface area contributed by atoms with Crippen molar-refractivity contribution in [1.82, 2.24) is 56.3 Å². The largest absolute Gasteiger partial charge is 0.481 e. The molecule has 4 aliphatic heterocycles. The summed E-state index contributed by atoms with van der Waals surface area (Å²) < 4.78 is 73.5. The third-order valence-electron chi connectivity index (χ3n) is 13.2. The van der Waals surface area contributed by atoms with Gasteiger partial charge in [-0.25, -0.2) is 33.4 Å². The minimum Gasteiger partial charge on any atom is -0.386 e. The molecule has 6 rings (SSSR count). The number of carbonyl (C=O) groups is 7. The van der Waals surface area contributed by atoms with Gasteiger partial charge in [-0.2, -0.15) is 16.1 Å². The van der Waals surface area contributed by atoms with E-state index in [9.17, 15) is 77.0 Å². The van der Waals surface area contributed by atoms with Crippen LogP contribution in [0, 0.1) is 5.41 Å². The second kappa shape index (κ2) is 31.4. The number of aliphatic hydroxyl groups is 2. The van der Waals surface area contributed by atoms with Crippen molar-refractivity contribution in [2.45, 2.75) is 112 Å². The van der Waals surface area contributed by atoms with E-state index in [2.05, 4.69) is 55.7 Å². The van der Waals surface area contributed by atoms with Crippen LogP contribution in [0.3, 0.4) is 0 Å². The van der Waals surface area contributed by atoms with Crippen LogP contribution in [0.15, 0.2) is 12.7 Å². The quantitative estimate of drug-likeness (QED) is 0.0146. The molecule has 8 amide bonds. The van der Waals surface area contributed by atoms with Gasteiger partial charge in [0, 0.05) is 80.6 Å². The highest BCUT2D eigenvalue weighted by atomic mass is 32.2. The summed E-state index contributed by atoms with van der Waals surface area (Å²) in [6.07, 6.45) is -4.43. The molecule has 0 radical (unpaired) electrons. The topological polar surface area (TPSA) is 502 Å². The van der Waals surface area contributed by atoms with E-state index >= 15 is 0 Å². The van der Waals surface area contributed by atoms with Gasteiger partial charge in [0.2, 0.25) is 35.4 Å². The second-order valence-electron chi connectivity index (χ2n) is 20.1. The van der Waals surface area contributed by atoms with Crippen LogP contribution in [0.25, 0.3) is 11.2 Å². The van der Waals surface area contributed by atoms with Crippen LogP contribution in [0.1, 0.15) is 65.0 Å². The van der Waals surface area contributed by atoms with Gasteiger partial charge < -0.3 is 81.6 Å². The minimum absolute atomic E-state index is 0.0107. The highest BCUT2D eigenvalue weighted by Gasteiger charge is 2.51. The summed E-state index contributed by atoms with van der Waals surface area (Å²) in [4.78, 5) is 139. The number of phosphoric acid groups is 3. The normalized spacial score (nSPS) is 24.3. The first-order chi connectivity index (χ1) is 39.6. The number of hydrogen-bond acceptors (Lipinski definition) is 25. The van der Waals surface area contributed by atoms with Gasteiger partial charge in [-0.15, -0.1) is 11.8 Å². The van der Waals surface area contributed by atoms with Crippen molar-refractivity contribution in [3.8, 4) is 0 Å². The molecule has 3 unspecified atom stereocenters. The highest BCUT2D eigenvalue weighted by molar-refractivity contribution is 8.00. The van der Waals surface area contributed by atoms with Crippen molar-refractivity contribution < 1.29 is 109 Å². The van der Waals surface area contributed by atoms with E-state index in [1.165, 1.54) is 13.8 Å². The number of unbranched alkanes of at least 4 members (excludes halogenated alkanes) is 1. The molecule has 14 N–H and O–H groups in total. The monoisotopic (exact) mass is 1290 g/mol. The average molecular weight is 1290 g/mol. The molecule has 4 fully saturated rings. The number of carbonyl (C=O) groups excluding carboxylic acids is 7. The van der Waals surface area contributed by atoms with Crippen LogP contribution in [-0.4, -0.2) is 227 Å². The molecule has 4 aliphatic rings. The number of phosphoric ester groups is 3. The van der Waals surface area contributed by atoms with Crippen molar-refractivity contribution in [3.05, 3.63) is 12.7 Å². The number of aliphatic hydroxyl groups excluding tert-OH is 2. The first kappa shape index (κ1) is 68.6. The molecule has 11 atom stereocenters. The number of amides is 8. The molecule has 0 spiro atoms. The number of imide groups is 1. The van der Waals surface area contributed by atoms with Gasteiger partial charge in [0.15, 0.2) is 17.7 Å². The molecule has 40 heteroatoms. The zero-order chi connectivity index (χ0) is 61.4. The van der Waals surface area contributed by atoms with Crippen molar-refractivity contribution >= 4 is 105 Å². The van der Waals surface area contributed by atoms with Crippen molar-refractivity contribution in [2.75, 3.05) is 89.6 Å². The number of likely N-dealkylation sites (tertiary alicyclic amines) is 1. The Labute approximate surface area is 488 Å². The fourth-order valence-corrected chi connectivity index (χ4v) is 14.3. The van der Waals surface area contributed by atoms with Gasteiger partial charge in [-0.05, 0) is 12.8 Å². The maximum Gasteiger partial charge on any atom is 0.481 e. The van der Waals surface area contributed by atoms with Gasteiger partial charge >= 0.3 is 29.5 Å². The lowest BCUT2D eigenvalue weighted by Crippen LogP contribution is -2.46. The van der Waals surface area contributed by atoms with E-state index in [4.69, 9.17) is 29.0 Å². The number of nitrogens with one attached hydrogen (secondary N) is 6. The molecule has 0 aliphatic carbocycles. The van der Waals surface area contributed by atoms with Crippen LogP contribution in [0.5, 0.6) is 0 Å². The maximum absolute atomic E-state index is 12.9. The Bertz CT molecular complexity index is 2790. The molecular formula is C44H71N12O23P3S2. The average Bonchev–Trinajstić information content (AvgIpc) is 3.15. The summed E-state index contributed by atoms with van der Waals surface area (Å²) in [6.45, 7) is 1.62. The SMILES string of the molecule is CC(C)(COP(=O)(O)OP(=O)(O)OC[C@H]1O[C@@H](n2cnc3c(N)ncnc32)[C@H](O)[C@@H]1OP(=O)(O)O)[C@@H](O)C(=O)NCCC(=O)NCCSC1CC(=O)N(CCC(=O)NCCOCCOCCNC(=O)CCCC[C@@H]2SC[C@@H]3NC(=O)N[C@@H]32)C1=O. The minimum atomic E-state index is -5.63. The number of thioether (sulfide) groups is 2. The zero-order valence-electron chi connectivity index (χ0n) is 45.6. The van der Waals surface area contributed by atoms with Crippen LogP contribution in [-0.2, 0) is 74.6 Å². The number of anilines is 1. The number of rotatable bonds is 37. The van der Waals surface area contributed by atoms with Gasteiger partial charge in [0.1, 0.15) is 36.3 Å². The van der Waals surface area contributed by atoms with Gasteiger partial charge in [-0.1, -0.05) is 20.3 Å². The van der Waals surface area contributed by atoms with Crippen LogP contribution >= 0.6 is 47.0 Å². The first-order valence-electron chi connectivity index (χ1n) is 26.4. The molecule has 4 saturated heterocycles. The molecule has 0 aromatic carbocycles. The number of imidazole rings is 1. The lowest BCUT2D eigenvalue weighted by atomic mass is 9.87. The summed E-state index contributed by atoms with van der Waals surface area (Å²) >= 11 is 2.98. The van der Waals surface area contributed by atoms with E-state index in [-0.39, 0.29) is 118 Å². The Morgan fingerprint density at radius 3 is 2.25 bits per heavy atom. The summed E-state index contributed by atoms with van der Waals surface area (Å²) in [5, 5.41) is 37.6. The Hall–Kier alpha value is -4.49. The molecule has 2 aromatic rings. The number of urea groups is 1. The standard InChI is InChI=1S/C44H71N12O23P3S2/c1-44(2,22-76-82(71,72)79-81(69,70)75-20-26-36(78-80(66,67)68)35(61)42(77-26)56-24-52-34-38(45)50-23-51-39(34)56)37(62)40(63)49-9-7-30(58)48-12-18-83-28-19-32(60)55(41(28)64)13-8-31(59)47-11-15-74-17-16-73-14-10-46-29(57)6-4-3-5-27-33-25(21-84-27)53-43(65)54-33/h23-28,33,35-37,42,61-62H,3-22H2,1-2H3,(H,46,57)(H,47,59)(H,48,58)(H,49,63)(H,69,70)(H,71,72)(H2,45,50,51)(H2,53,54,65)(H2,66,67,68)/t25-,26+,27-,28?,33-,35+,36+,37-,42+/m0/s1. The molecule has 0 saturated carbocycles. The number of fused-ring (bicyclic) bond motifs is 2. The second-order valence-corrected chi connectivity index (χ2v) is 26.9. The Kier molecular flexibility index (Phi) is 25.7. The number of ether oxygens (including phenoxy) is 3. The predicted octanol–water partition coefficient (Wildman–Crippen LogP) is -2.35. The molecule has 6 heterocycles. The van der Waals surface area contributed by atoms with Crippen LogP contribution in [0.2, 0.25) is 0 Å². The molecule has 0 bridgehead atoms. The molecule has 35 nitrogen and oxygen atoms in total. The first-order valence-corrected chi connectivity index (χ1v) is 33.0. The van der Waals surface area contributed by atoms with Gasteiger partial charge in [0.05, 0.1) is 63.3 Å². The lowest BCUT2D eigenvalue weighted by Gasteiger charge is -2.30. The van der Waals surface area contributed by atoms with E-state index in [1.54, 1.807) is 0 Å². The van der Waals surface area contributed by atoms with E-state index in [1.807, 2.05) is 11.8 Å². The highest BCUT2D eigenvalue weighted by Crippen LogP contribution is 2.61. The molecule has 2 aromatic heterocycles. The van der Waals surface area contributed by atoms with Gasteiger partial charge in [-0.3, -0.25) is 51.8 Å². The summed E-state index contributed by atoms with van der Waals surface area (Å²) in [5.74, 6) is -1.84. The van der Waals surface area contributed by atoms with Crippen LogP contribution in [0.4, 0.5) is 10.6 Å². The smallest absolute Gasteiger partial charge is 0.386 e. The van der Waals surface area contributed by atoms with E-state index in [0.717, 1.165) is 58.9 Å². The van der Waals surface area contributed by atoms with Gasteiger partial charge in [0.25, 0.3) is 0 Å². The lowest BCUT2D eigenvalue weighted by molar-refractivity contribution is -0.139. The number of nitrogen functional groups attached to an aromatic ring is 1. The summed E-state index contributed by atoms with van der Waals surface area (Å²) in [7, 11) is -16.6. The Morgan fingerprint density at radius 1 is 0.881 bits per heavy atom. The predicted molar refractivity (Wildman–Crippen MR) is 293 cm³/mol. The fourth-order valence-electron chi connectivity index (χ4n) is 8.86. The number of nitrogens with two attached hydrogens (primary N) is 1. The van der Waals surface area contributed by atoms with Crippen molar-refractivity contribution in [1.29, 1.82) is 0 Å². The van der Waals surface area contributed by atoms with E-state index in [0.29, 0.717) is 24.8 Å². The third kappa shape index (κ3) is 20.9. The van der Waals surface area contributed by atoms with E-state index < -0.39 is 102 Å². The number of hydrogen-bond donors (Lipinski definition) is 13. The molecule has 472 valence electrons. The number of nitrogens with zero attached hydrogens (tertiary/aromatic N) is 5. The van der Waals surface area contributed by atoms with Crippen LogP contribution < -0.4 is 37.6 Å². The zero-order valence-corrected chi connectivity index (χ0v) is 49.9. The Balaban J connectivity index is 0.766. The van der Waals surface area contributed by atoms with Crippen molar-refractivity contribution in [3.63, 3.8) is 0 Å². The third-order valence-corrected chi connectivity index (χ3v) is 19.0. The van der Waals surface area contributed by atoms with Crippen molar-refractivity contribution in [2.24, 2.45) is 5.41 Å². The molecule has 84 heavy (non-hydrogen) atoms. The summed E-state index contributed by atoms with van der Waals surface area (Å²) in [5.41, 5.74) is 4.18.